The predicted octanol–water partition coefficient (Wildman–Crippen LogP) is 1.34. The summed E-state index contributed by atoms with van der Waals surface area (Å²) in [5.74, 6) is -1.70. The van der Waals surface area contributed by atoms with Crippen molar-refractivity contribution in [1.29, 1.82) is 0 Å². The third-order valence-corrected chi connectivity index (χ3v) is 5.03. The second kappa shape index (κ2) is 9.52. The lowest BCUT2D eigenvalue weighted by Gasteiger charge is -2.27. The summed E-state index contributed by atoms with van der Waals surface area (Å²) >= 11 is 0. The first-order valence-corrected chi connectivity index (χ1v) is 9.71. The molecule has 4 rings (SSSR count). The summed E-state index contributed by atoms with van der Waals surface area (Å²) in [6.07, 6.45) is -1.05. The number of hydrogen-bond acceptors (Lipinski definition) is 5. The number of aryl methyl sites for hydroxylation is 1. The van der Waals surface area contributed by atoms with Gasteiger partial charge >= 0.3 is 12.1 Å². The highest BCUT2D eigenvalue weighted by Crippen LogP contribution is 2.17. The van der Waals surface area contributed by atoms with Crippen LogP contribution in [0.5, 0.6) is 0 Å². The molecule has 4 heterocycles. The van der Waals surface area contributed by atoms with Crippen LogP contribution >= 0.6 is 0 Å². The Hall–Kier alpha value is -2.86. The van der Waals surface area contributed by atoms with E-state index in [1.54, 1.807) is 0 Å². The monoisotopic (exact) mass is 443 g/mol. The normalized spacial score (nSPS) is 17.0. The second-order valence-electron chi connectivity index (χ2n) is 7.26. The number of ether oxygens (including phenoxy) is 1. The van der Waals surface area contributed by atoms with E-state index in [-0.39, 0.29) is 5.91 Å². The first-order valence-electron chi connectivity index (χ1n) is 9.71. The lowest BCUT2D eigenvalue weighted by molar-refractivity contribution is -0.192. The van der Waals surface area contributed by atoms with Crippen molar-refractivity contribution in [3.63, 3.8) is 0 Å². The number of fused-ring (bicyclic) bond motifs is 1. The number of alkyl halides is 3. The van der Waals surface area contributed by atoms with Crippen LogP contribution in [-0.2, 0) is 36.2 Å². The van der Waals surface area contributed by atoms with Crippen LogP contribution in [0.2, 0.25) is 0 Å². The highest BCUT2D eigenvalue weighted by molar-refractivity contribution is 5.92. The molecular weight excluding hydrogens is 419 g/mol. The van der Waals surface area contributed by atoms with Crippen molar-refractivity contribution in [2.45, 2.75) is 25.8 Å². The second-order valence-corrected chi connectivity index (χ2v) is 7.26. The number of carboxylic acids is 1. The van der Waals surface area contributed by atoms with Gasteiger partial charge in [0.05, 0.1) is 25.5 Å². The fraction of sp³-hybridized carbons (Fsp3) is 0.526. The summed E-state index contributed by atoms with van der Waals surface area (Å²) in [6.45, 7) is 6.48. The molecule has 0 radical (unpaired) electrons. The van der Waals surface area contributed by atoms with Crippen molar-refractivity contribution in [1.82, 2.24) is 23.9 Å². The van der Waals surface area contributed by atoms with Gasteiger partial charge in [-0.2, -0.15) is 13.2 Å². The molecule has 9 nitrogen and oxygen atoms in total. The third kappa shape index (κ3) is 5.85. The van der Waals surface area contributed by atoms with Crippen LogP contribution < -0.4 is 0 Å². The third-order valence-electron chi connectivity index (χ3n) is 5.03. The quantitative estimate of drug-likeness (QED) is 0.770. The van der Waals surface area contributed by atoms with E-state index in [1.165, 1.54) is 0 Å². The Labute approximate surface area is 176 Å². The molecule has 1 fully saturated rings. The maximum absolute atomic E-state index is 12.7. The van der Waals surface area contributed by atoms with Gasteiger partial charge in [-0.1, -0.05) is 0 Å². The van der Waals surface area contributed by atoms with E-state index < -0.39 is 12.1 Å². The number of nitrogens with zero attached hydrogens (tertiary/aromatic N) is 5. The number of carboxylic acid groups (broad SMARTS) is 1. The number of carbonyl (C=O) groups is 2. The highest BCUT2D eigenvalue weighted by Gasteiger charge is 2.38. The molecule has 0 aliphatic carbocycles. The van der Waals surface area contributed by atoms with Gasteiger partial charge in [0.2, 0.25) is 0 Å². The van der Waals surface area contributed by atoms with Gasteiger partial charge in [0, 0.05) is 52.2 Å². The minimum atomic E-state index is -5.08. The molecule has 1 N–H and O–H groups in total. The number of hydrogen-bond donors (Lipinski definition) is 1. The van der Waals surface area contributed by atoms with Gasteiger partial charge in [0.15, 0.2) is 0 Å². The van der Waals surface area contributed by atoms with Crippen LogP contribution in [-0.4, -0.2) is 79.9 Å². The molecule has 0 atom stereocenters. The Morgan fingerprint density at radius 3 is 2.45 bits per heavy atom. The number of aliphatic carboxylic acids is 1. The van der Waals surface area contributed by atoms with Crippen LogP contribution in [0.3, 0.4) is 0 Å². The SMILES string of the molecule is Cn1cccc1C(=O)N1CCn2cc(CN3CCOCC3)nc2C1.O=C(O)C(F)(F)F. The Bertz CT molecular complexity index is 918. The minimum Gasteiger partial charge on any atom is -0.475 e. The van der Waals surface area contributed by atoms with E-state index >= 15 is 0 Å². The summed E-state index contributed by atoms with van der Waals surface area (Å²) in [6, 6.07) is 3.77. The molecule has 170 valence electrons. The largest absolute Gasteiger partial charge is 0.490 e. The molecule has 0 aromatic carbocycles. The molecule has 0 unspecified atom stereocenters. The van der Waals surface area contributed by atoms with Crippen molar-refractivity contribution < 1.29 is 32.6 Å². The molecule has 1 amide bonds. The molecule has 2 aliphatic heterocycles. The molecule has 2 aliphatic rings. The van der Waals surface area contributed by atoms with E-state index in [1.807, 2.05) is 34.8 Å². The Kier molecular flexibility index (Phi) is 7.01. The number of rotatable bonds is 3. The predicted molar refractivity (Wildman–Crippen MR) is 102 cm³/mol. The van der Waals surface area contributed by atoms with Gasteiger partial charge < -0.3 is 23.9 Å². The molecule has 2 aromatic rings. The van der Waals surface area contributed by atoms with E-state index in [0.717, 1.165) is 63.1 Å². The topological polar surface area (TPSA) is 92.8 Å². The number of amides is 1. The average molecular weight is 443 g/mol. The molecule has 31 heavy (non-hydrogen) atoms. The molecule has 2 aromatic heterocycles. The van der Waals surface area contributed by atoms with Gasteiger partial charge in [-0.15, -0.1) is 0 Å². The fourth-order valence-electron chi connectivity index (χ4n) is 3.39. The molecule has 12 heteroatoms. The van der Waals surface area contributed by atoms with Crippen LogP contribution in [0.15, 0.2) is 24.5 Å². The molecule has 0 bridgehead atoms. The van der Waals surface area contributed by atoms with E-state index in [2.05, 4.69) is 15.7 Å². The van der Waals surface area contributed by atoms with Crippen molar-refractivity contribution in [3.05, 3.63) is 41.7 Å². The standard InChI is InChI=1S/C17H23N5O2.C2HF3O2/c1-19-4-2-3-15(19)17(23)22-6-5-21-12-14(18-16(21)13-22)11-20-7-9-24-10-8-20;3-2(4,5)1(6)7/h2-4,12H,5-11,13H2,1H3;(H,6,7). The van der Waals surface area contributed by atoms with Crippen molar-refractivity contribution in [2.24, 2.45) is 7.05 Å². The van der Waals surface area contributed by atoms with Gasteiger partial charge in [-0.25, -0.2) is 9.78 Å². The van der Waals surface area contributed by atoms with Gasteiger partial charge in [0.1, 0.15) is 11.5 Å². The lowest BCUT2D eigenvalue weighted by Crippen LogP contribution is -2.38. The zero-order chi connectivity index (χ0) is 22.6. The summed E-state index contributed by atoms with van der Waals surface area (Å²) in [7, 11) is 1.90. The maximum atomic E-state index is 12.7. The van der Waals surface area contributed by atoms with Crippen LogP contribution in [0, 0.1) is 0 Å². The molecule has 0 spiro atoms. The van der Waals surface area contributed by atoms with Gasteiger partial charge in [-0.05, 0) is 12.1 Å². The summed E-state index contributed by atoms with van der Waals surface area (Å²) < 4.78 is 41.2. The van der Waals surface area contributed by atoms with Crippen molar-refractivity contribution >= 4 is 11.9 Å². The van der Waals surface area contributed by atoms with Gasteiger partial charge in [0.25, 0.3) is 5.91 Å². The molecule has 0 saturated carbocycles. The number of morpholine rings is 1. The Balaban J connectivity index is 0.000000339. The summed E-state index contributed by atoms with van der Waals surface area (Å²) in [5, 5.41) is 7.12. The highest BCUT2D eigenvalue weighted by atomic mass is 19.4. The fourth-order valence-corrected chi connectivity index (χ4v) is 3.39. The smallest absolute Gasteiger partial charge is 0.475 e. The first kappa shape index (κ1) is 22.8. The number of imidazole rings is 1. The van der Waals surface area contributed by atoms with E-state index in [9.17, 15) is 18.0 Å². The number of halogens is 3. The zero-order valence-corrected chi connectivity index (χ0v) is 17.0. The Morgan fingerprint density at radius 1 is 1.19 bits per heavy atom. The van der Waals surface area contributed by atoms with Crippen molar-refractivity contribution in [2.75, 3.05) is 32.8 Å². The van der Waals surface area contributed by atoms with Crippen LogP contribution in [0.25, 0.3) is 0 Å². The number of carbonyl (C=O) groups excluding carboxylic acids is 1. The summed E-state index contributed by atoms with van der Waals surface area (Å²) in [5.41, 5.74) is 1.81. The first-order chi connectivity index (χ1) is 14.6. The van der Waals surface area contributed by atoms with Crippen LogP contribution in [0.1, 0.15) is 22.0 Å². The Morgan fingerprint density at radius 2 is 1.87 bits per heavy atom. The number of aromatic nitrogens is 3. The minimum absolute atomic E-state index is 0.0754. The maximum Gasteiger partial charge on any atom is 0.490 e. The van der Waals surface area contributed by atoms with Crippen LogP contribution in [0.4, 0.5) is 13.2 Å². The lowest BCUT2D eigenvalue weighted by atomic mass is 10.3. The van der Waals surface area contributed by atoms with E-state index in [4.69, 9.17) is 19.6 Å². The van der Waals surface area contributed by atoms with Gasteiger partial charge in [-0.3, -0.25) is 9.69 Å². The molecule has 1 saturated heterocycles. The summed E-state index contributed by atoms with van der Waals surface area (Å²) in [4.78, 5) is 30.6. The average Bonchev–Trinajstić information content (AvgIpc) is 3.32. The van der Waals surface area contributed by atoms with E-state index in [0.29, 0.717) is 6.54 Å². The molecular formula is C19H24F3N5O4. The van der Waals surface area contributed by atoms with Crippen molar-refractivity contribution in [3.8, 4) is 0 Å². The zero-order valence-electron chi connectivity index (χ0n) is 17.0.